The zero-order valence-corrected chi connectivity index (χ0v) is 15.8. The van der Waals surface area contributed by atoms with E-state index in [1.54, 1.807) is 12.1 Å². The minimum Gasteiger partial charge on any atom is -0.490 e. The number of hydrogen-bond donors (Lipinski definition) is 2. The molecule has 0 spiro atoms. The number of ether oxygens (including phenoxy) is 2. The van der Waals surface area contributed by atoms with Gasteiger partial charge >= 0.3 is 0 Å². The van der Waals surface area contributed by atoms with Gasteiger partial charge in [0.15, 0.2) is 11.5 Å². The Labute approximate surface area is 150 Å². The van der Waals surface area contributed by atoms with Gasteiger partial charge in [0.1, 0.15) is 0 Å². The average molecular weight is 379 g/mol. The van der Waals surface area contributed by atoms with Gasteiger partial charge in [0, 0.05) is 18.7 Å². The van der Waals surface area contributed by atoms with E-state index in [0.29, 0.717) is 37.3 Å². The van der Waals surface area contributed by atoms with E-state index in [2.05, 4.69) is 10.0 Å². The summed E-state index contributed by atoms with van der Waals surface area (Å²) < 4.78 is 38.4. The van der Waals surface area contributed by atoms with Gasteiger partial charge in [-0.05, 0) is 51.8 Å². The normalized spacial score (nSPS) is 17.3. The second kappa shape index (κ2) is 10.1. The fourth-order valence-corrected chi connectivity index (χ4v) is 3.72. The van der Waals surface area contributed by atoms with Crippen LogP contribution in [-0.4, -0.2) is 40.8 Å². The van der Waals surface area contributed by atoms with Crippen molar-refractivity contribution < 1.29 is 17.9 Å². The standard InChI is InChI=1S/C16H26N2O4S.ClH/c1-3-21-15-8-7-14(12-16(15)22-4-2)23(19,20)18-11-9-13-6-5-10-17-13;/h7-8,12-13,17-18H,3-6,9-11H2,1-2H3;1H/t13-;/m1./s1. The Morgan fingerprint density at radius 1 is 1.21 bits per heavy atom. The zero-order chi connectivity index (χ0) is 16.7. The van der Waals surface area contributed by atoms with Crippen molar-refractivity contribution >= 4 is 22.4 Å². The fourth-order valence-electron chi connectivity index (χ4n) is 2.65. The van der Waals surface area contributed by atoms with Crippen molar-refractivity contribution in [2.24, 2.45) is 0 Å². The molecule has 1 saturated heterocycles. The molecule has 2 rings (SSSR count). The van der Waals surface area contributed by atoms with Crippen LogP contribution in [0, 0.1) is 0 Å². The second-order valence-electron chi connectivity index (χ2n) is 5.45. The van der Waals surface area contributed by atoms with Gasteiger partial charge in [-0.2, -0.15) is 0 Å². The van der Waals surface area contributed by atoms with Gasteiger partial charge in [0.05, 0.1) is 18.1 Å². The summed E-state index contributed by atoms with van der Waals surface area (Å²) >= 11 is 0. The van der Waals surface area contributed by atoms with Crippen molar-refractivity contribution in [3.63, 3.8) is 0 Å². The molecule has 1 aromatic rings. The van der Waals surface area contributed by atoms with Gasteiger partial charge in [0.25, 0.3) is 0 Å². The van der Waals surface area contributed by atoms with Crippen molar-refractivity contribution in [3.8, 4) is 11.5 Å². The molecule has 0 aromatic heterocycles. The molecular formula is C16H27ClN2O4S. The Kier molecular flexibility index (Phi) is 8.83. The Balaban J connectivity index is 0.00000288. The van der Waals surface area contributed by atoms with E-state index >= 15 is 0 Å². The van der Waals surface area contributed by atoms with Gasteiger partial charge in [-0.15, -0.1) is 12.4 Å². The summed E-state index contributed by atoms with van der Waals surface area (Å²) in [6.45, 7) is 6.12. The molecule has 24 heavy (non-hydrogen) atoms. The van der Waals surface area contributed by atoms with Crippen molar-refractivity contribution in [2.45, 2.75) is 44.0 Å². The first kappa shape index (κ1) is 21.0. The van der Waals surface area contributed by atoms with Crippen molar-refractivity contribution in [2.75, 3.05) is 26.3 Å². The summed E-state index contributed by atoms with van der Waals surface area (Å²) in [5, 5.41) is 3.36. The highest BCUT2D eigenvalue weighted by atomic mass is 35.5. The molecule has 1 heterocycles. The fraction of sp³-hybridized carbons (Fsp3) is 0.625. The lowest BCUT2D eigenvalue weighted by atomic mass is 10.2. The molecule has 2 N–H and O–H groups in total. The van der Waals surface area contributed by atoms with E-state index < -0.39 is 10.0 Å². The smallest absolute Gasteiger partial charge is 0.240 e. The SMILES string of the molecule is CCOc1ccc(S(=O)(=O)NCC[C@H]2CCCN2)cc1OCC.Cl. The summed E-state index contributed by atoms with van der Waals surface area (Å²) in [7, 11) is -3.54. The average Bonchev–Trinajstić information content (AvgIpc) is 3.02. The quantitative estimate of drug-likeness (QED) is 0.689. The topological polar surface area (TPSA) is 76.7 Å². The van der Waals surface area contributed by atoms with Crippen LogP contribution in [0.25, 0.3) is 0 Å². The molecule has 138 valence electrons. The molecule has 0 bridgehead atoms. The molecule has 0 aliphatic carbocycles. The van der Waals surface area contributed by atoms with Crippen LogP contribution >= 0.6 is 12.4 Å². The van der Waals surface area contributed by atoms with Crippen LogP contribution in [0.1, 0.15) is 33.1 Å². The van der Waals surface area contributed by atoms with Crippen LogP contribution in [0.4, 0.5) is 0 Å². The Bertz CT molecular complexity index is 604. The van der Waals surface area contributed by atoms with Crippen molar-refractivity contribution in [1.82, 2.24) is 10.0 Å². The van der Waals surface area contributed by atoms with Gasteiger partial charge in [-0.1, -0.05) is 0 Å². The number of nitrogens with one attached hydrogen (secondary N) is 2. The molecule has 1 aliphatic rings. The number of sulfonamides is 1. The van der Waals surface area contributed by atoms with Crippen molar-refractivity contribution in [1.29, 1.82) is 0 Å². The molecule has 0 saturated carbocycles. The lowest BCUT2D eigenvalue weighted by Gasteiger charge is -2.14. The summed E-state index contributed by atoms with van der Waals surface area (Å²) in [6.07, 6.45) is 3.07. The zero-order valence-electron chi connectivity index (χ0n) is 14.2. The van der Waals surface area contributed by atoms with E-state index in [4.69, 9.17) is 9.47 Å². The lowest BCUT2D eigenvalue weighted by Crippen LogP contribution is -2.30. The number of halogens is 1. The van der Waals surface area contributed by atoms with E-state index in [1.165, 1.54) is 6.07 Å². The van der Waals surface area contributed by atoms with Gasteiger partial charge in [-0.25, -0.2) is 13.1 Å². The number of hydrogen-bond acceptors (Lipinski definition) is 5. The van der Waals surface area contributed by atoms with Gasteiger partial charge < -0.3 is 14.8 Å². The van der Waals surface area contributed by atoms with Crippen molar-refractivity contribution in [3.05, 3.63) is 18.2 Å². The van der Waals surface area contributed by atoms with Crippen LogP contribution in [0.2, 0.25) is 0 Å². The van der Waals surface area contributed by atoms with Crippen LogP contribution in [0.15, 0.2) is 23.1 Å². The van der Waals surface area contributed by atoms with Crippen LogP contribution in [0.5, 0.6) is 11.5 Å². The van der Waals surface area contributed by atoms with Crippen LogP contribution in [-0.2, 0) is 10.0 Å². The Morgan fingerprint density at radius 3 is 2.54 bits per heavy atom. The maximum atomic E-state index is 12.4. The molecule has 0 unspecified atom stereocenters. The molecule has 8 heteroatoms. The first-order valence-corrected chi connectivity index (χ1v) is 9.67. The number of rotatable bonds is 9. The van der Waals surface area contributed by atoms with E-state index in [-0.39, 0.29) is 17.3 Å². The summed E-state index contributed by atoms with van der Waals surface area (Å²) in [6, 6.07) is 5.12. The van der Waals surface area contributed by atoms with Crippen LogP contribution in [0.3, 0.4) is 0 Å². The highest BCUT2D eigenvalue weighted by molar-refractivity contribution is 7.89. The highest BCUT2D eigenvalue weighted by Crippen LogP contribution is 2.30. The minimum atomic E-state index is -3.54. The van der Waals surface area contributed by atoms with Gasteiger partial charge in [0.2, 0.25) is 10.0 Å². The first-order chi connectivity index (χ1) is 11.1. The molecule has 1 aromatic carbocycles. The lowest BCUT2D eigenvalue weighted by molar-refractivity contribution is 0.287. The monoisotopic (exact) mass is 378 g/mol. The molecule has 1 aliphatic heterocycles. The van der Waals surface area contributed by atoms with E-state index in [1.807, 2.05) is 13.8 Å². The van der Waals surface area contributed by atoms with E-state index in [9.17, 15) is 8.42 Å². The Morgan fingerprint density at radius 2 is 1.92 bits per heavy atom. The maximum absolute atomic E-state index is 12.4. The molecule has 0 amide bonds. The second-order valence-corrected chi connectivity index (χ2v) is 7.22. The third-order valence-electron chi connectivity index (χ3n) is 3.77. The largest absolute Gasteiger partial charge is 0.490 e. The maximum Gasteiger partial charge on any atom is 0.240 e. The molecule has 6 nitrogen and oxygen atoms in total. The summed E-state index contributed by atoms with van der Waals surface area (Å²) in [5.74, 6) is 1.01. The molecule has 1 fully saturated rings. The molecule has 0 radical (unpaired) electrons. The molecular weight excluding hydrogens is 352 g/mol. The summed E-state index contributed by atoms with van der Waals surface area (Å²) in [4.78, 5) is 0.198. The highest BCUT2D eigenvalue weighted by Gasteiger charge is 2.19. The van der Waals surface area contributed by atoms with E-state index in [0.717, 1.165) is 25.8 Å². The third-order valence-corrected chi connectivity index (χ3v) is 5.23. The summed E-state index contributed by atoms with van der Waals surface area (Å²) in [5.41, 5.74) is 0. The minimum absolute atomic E-state index is 0. The Hall–Kier alpha value is -1.02. The van der Waals surface area contributed by atoms with Crippen LogP contribution < -0.4 is 19.5 Å². The predicted octanol–water partition coefficient (Wildman–Crippen LogP) is 2.33. The third kappa shape index (κ3) is 5.81. The first-order valence-electron chi connectivity index (χ1n) is 8.19. The molecule has 1 atom stereocenters. The predicted molar refractivity (Wildman–Crippen MR) is 96.9 cm³/mol. The number of benzene rings is 1. The van der Waals surface area contributed by atoms with Gasteiger partial charge in [-0.3, -0.25) is 0 Å².